The zero-order chi connectivity index (χ0) is 19.4. The minimum absolute atomic E-state index is 0.0466. The van der Waals surface area contributed by atoms with Crippen LogP contribution in [-0.4, -0.2) is 34.6 Å². The molecule has 0 saturated heterocycles. The van der Waals surface area contributed by atoms with Gasteiger partial charge in [0, 0.05) is 17.6 Å². The normalized spacial score (nSPS) is 10.7. The van der Waals surface area contributed by atoms with E-state index in [1.54, 1.807) is 0 Å². The Labute approximate surface area is 160 Å². The Bertz CT molecular complexity index is 944. The Morgan fingerprint density at radius 1 is 1.26 bits per heavy atom. The first kappa shape index (κ1) is 18.8. The van der Waals surface area contributed by atoms with Crippen LogP contribution in [0.5, 0.6) is 5.75 Å². The molecule has 0 unspecified atom stereocenters. The van der Waals surface area contributed by atoms with Crippen LogP contribution in [0.2, 0.25) is 5.02 Å². The summed E-state index contributed by atoms with van der Waals surface area (Å²) in [7, 11) is 1.52. The molecule has 1 amide bonds. The van der Waals surface area contributed by atoms with Crippen molar-refractivity contribution in [1.29, 1.82) is 0 Å². The summed E-state index contributed by atoms with van der Waals surface area (Å²) in [4.78, 5) is 18.0. The van der Waals surface area contributed by atoms with Gasteiger partial charge in [-0.1, -0.05) is 16.8 Å². The molecule has 140 valence electrons. The quantitative estimate of drug-likeness (QED) is 0.632. The third-order valence-electron chi connectivity index (χ3n) is 3.77. The van der Waals surface area contributed by atoms with Crippen LogP contribution in [-0.2, 0) is 6.54 Å². The van der Waals surface area contributed by atoms with E-state index < -0.39 is 11.7 Å². The lowest BCUT2D eigenvalue weighted by atomic mass is 10.2. The molecule has 1 aromatic heterocycles. The van der Waals surface area contributed by atoms with Crippen LogP contribution in [0.1, 0.15) is 23.2 Å². The molecule has 6 nitrogen and oxygen atoms in total. The maximum atomic E-state index is 13.9. The molecule has 0 radical (unpaired) electrons. The lowest BCUT2D eigenvalue weighted by Crippen LogP contribution is -2.27. The van der Waals surface area contributed by atoms with Gasteiger partial charge in [-0.3, -0.25) is 4.79 Å². The standard InChI is InChI=1S/C19H17ClFN3O3/c1-3-26-14-7-4-12(5-8-14)18-22-17(27-23-18)11-24(2)19(25)15-9-6-13(20)10-16(15)21/h4-10H,3,11H2,1-2H3. The molecule has 0 fully saturated rings. The van der Waals surface area contributed by atoms with E-state index in [-0.39, 0.29) is 23.0 Å². The van der Waals surface area contributed by atoms with Gasteiger partial charge in [-0.25, -0.2) is 4.39 Å². The fraction of sp³-hybridized carbons (Fsp3) is 0.211. The number of hydrogen-bond donors (Lipinski definition) is 0. The summed E-state index contributed by atoms with van der Waals surface area (Å²) >= 11 is 5.71. The maximum Gasteiger partial charge on any atom is 0.257 e. The van der Waals surface area contributed by atoms with E-state index in [0.717, 1.165) is 17.4 Å². The molecule has 0 aliphatic rings. The van der Waals surface area contributed by atoms with Crippen molar-refractivity contribution < 1.29 is 18.4 Å². The number of halogens is 2. The van der Waals surface area contributed by atoms with E-state index in [2.05, 4.69) is 10.1 Å². The smallest absolute Gasteiger partial charge is 0.257 e. The second kappa shape index (κ2) is 8.18. The summed E-state index contributed by atoms with van der Waals surface area (Å²) in [6.45, 7) is 2.54. The van der Waals surface area contributed by atoms with Crippen LogP contribution in [0.15, 0.2) is 47.0 Å². The molecule has 8 heteroatoms. The van der Waals surface area contributed by atoms with E-state index in [9.17, 15) is 9.18 Å². The highest BCUT2D eigenvalue weighted by Gasteiger charge is 2.19. The molecule has 0 N–H and O–H groups in total. The molecule has 3 rings (SSSR count). The van der Waals surface area contributed by atoms with Gasteiger partial charge in [0.1, 0.15) is 11.6 Å². The van der Waals surface area contributed by atoms with E-state index in [1.165, 1.54) is 24.1 Å². The second-order valence-electron chi connectivity index (χ2n) is 5.75. The van der Waals surface area contributed by atoms with Gasteiger partial charge in [0.2, 0.25) is 11.7 Å². The van der Waals surface area contributed by atoms with Gasteiger partial charge in [-0.05, 0) is 49.4 Å². The molecule has 2 aromatic carbocycles. The zero-order valence-electron chi connectivity index (χ0n) is 14.8. The molecule has 1 heterocycles. The molecule has 0 atom stereocenters. The Balaban J connectivity index is 1.70. The van der Waals surface area contributed by atoms with Crippen LogP contribution in [0.25, 0.3) is 11.4 Å². The average molecular weight is 390 g/mol. The number of aromatic nitrogens is 2. The van der Waals surface area contributed by atoms with Crippen LogP contribution in [0, 0.1) is 5.82 Å². The lowest BCUT2D eigenvalue weighted by molar-refractivity contribution is 0.0765. The van der Waals surface area contributed by atoms with Crippen LogP contribution < -0.4 is 4.74 Å². The number of carbonyl (C=O) groups is 1. The molecule has 27 heavy (non-hydrogen) atoms. The Morgan fingerprint density at radius 3 is 2.67 bits per heavy atom. The summed E-state index contributed by atoms with van der Waals surface area (Å²) in [5.74, 6) is 0.195. The number of rotatable bonds is 6. The molecule has 0 aliphatic carbocycles. The van der Waals surface area contributed by atoms with Gasteiger partial charge in [0.25, 0.3) is 5.91 Å². The van der Waals surface area contributed by atoms with Crippen LogP contribution >= 0.6 is 11.6 Å². The van der Waals surface area contributed by atoms with Crippen molar-refractivity contribution in [3.63, 3.8) is 0 Å². The van der Waals surface area contributed by atoms with Gasteiger partial charge in [0.05, 0.1) is 18.7 Å². The van der Waals surface area contributed by atoms with Crippen LogP contribution in [0.3, 0.4) is 0 Å². The number of ether oxygens (including phenoxy) is 1. The highest BCUT2D eigenvalue weighted by molar-refractivity contribution is 6.30. The summed E-state index contributed by atoms with van der Waals surface area (Å²) in [6.07, 6.45) is 0. The van der Waals surface area contributed by atoms with E-state index >= 15 is 0 Å². The first-order valence-corrected chi connectivity index (χ1v) is 8.62. The van der Waals surface area contributed by atoms with Crippen molar-refractivity contribution in [2.24, 2.45) is 0 Å². The predicted molar refractivity (Wildman–Crippen MR) is 98.1 cm³/mol. The summed E-state index contributed by atoms with van der Waals surface area (Å²) in [5, 5.41) is 4.15. The van der Waals surface area contributed by atoms with Crippen molar-refractivity contribution in [1.82, 2.24) is 15.0 Å². The van der Waals surface area contributed by atoms with Crippen molar-refractivity contribution in [2.45, 2.75) is 13.5 Å². The summed E-state index contributed by atoms with van der Waals surface area (Å²) in [5.41, 5.74) is 0.680. The first-order chi connectivity index (χ1) is 13.0. The lowest BCUT2D eigenvalue weighted by Gasteiger charge is -2.15. The fourth-order valence-corrected chi connectivity index (χ4v) is 2.61. The number of nitrogens with zero attached hydrogens (tertiary/aromatic N) is 3. The van der Waals surface area contributed by atoms with E-state index in [4.69, 9.17) is 20.9 Å². The van der Waals surface area contributed by atoms with Crippen molar-refractivity contribution in [3.8, 4) is 17.1 Å². The number of hydrogen-bond acceptors (Lipinski definition) is 5. The van der Waals surface area contributed by atoms with Crippen LogP contribution in [0.4, 0.5) is 4.39 Å². The third kappa shape index (κ3) is 4.43. The summed E-state index contributed by atoms with van der Waals surface area (Å²) in [6, 6.07) is 11.2. The largest absolute Gasteiger partial charge is 0.494 e. The Kier molecular flexibility index (Phi) is 5.71. The van der Waals surface area contributed by atoms with Crippen molar-refractivity contribution >= 4 is 17.5 Å². The minimum atomic E-state index is -0.681. The van der Waals surface area contributed by atoms with Gasteiger partial charge in [-0.15, -0.1) is 0 Å². The SMILES string of the molecule is CCOc1ccc(-c2noc(CN(C)C(=O)c3ccc(Cl)cc3F)n2)cc1. The number of carbonyl (C=O) groups excluding carboxylic acids is 1. The number of benzene rings is 2. The fourth-order valence-electron chi connectivity index (χ4n) is 2.45. The first-order valence-electron chi connectivity index (χ1n) is 8.24. The Hall–Kier alpha value is -2.93. The van der Waals surface area contributed by atoms with Gasteiger partial charge in [0.15, 0.2) is 0 Å². The average Bonchev–Trinajstić information content (AvgIpc) is 3.10. The number of amides is 1. The molecular formula is C19H17ClFN3O3. The second-order valence-corrected chi connectivity index (χ2v) is 6.19. The zero-order valence-corrected chi connectivity index (χ0v) is 15.5. The molecule has 3 aromatic rings. The molecular weight excluding hydrogens is 373 g/mol. The summed E-state index contributed by atoms with van der Waals surface area (Å²) < 4.78 is 24.5. The van der Waals surface area contributed by atoms with Gasteiger partial charge >= 0.3 is 0 Å². The highest BCUT2D eigenvalue weighted by Crippen LogP contribution is 2.21. The topological polar surface area (TPSA) is 68.5 Å². The third-order valence-corrected chi connectivity index (χ3v) is 4.01. The monoisotopic (exact) mass is 389 g/mol. The maximum absolute atomic E-state index is 13.9. The van der Waals surface area contributed by atoms with Crippen molar-refractivity contribution in [2.75, 3.05) is 13.7 Å². The Morgan fingerprint density at radius 2 is 2.00 bits per heavy atom. The van der Waals surface area contributed by atoms with Gasteiger partial charge in [-0.2, -0.15) is 4.98 Å². The predicted octanol–water partition coefficient (Wildman–Crippen LogP) is 4.20. The van der Waals surface area contributed by atoms with Crippen molar-refractivity contribution in [3.05, 3.63) is 64.8 Å². The highest BCUT2D eigenvalue weighted by atomic mass is 35.5. The molecule has 0 spiro atoms. The molecule has 0 bridgehead atoms. The minimum Gasteiger partial charge on any atom is -0.494 e. The van der Waals surface area contributed by atoms with E-state index in [1.807, 2.05) is 31.2 Å². The molecule has 0 saturated carbocycles. The van der Waals surface area contributed by atoms with Gasteiger partial charge < -0.3 is 14.2 Å². The van der Waals surface area contributed by atoms with E-state index in [0.29, 0.717) is 12.4 Å². The molecule has 0 aliphatic heterocycles.